The number of ether oxygens (including phenoxy) is 3. The minimum absolute atomic E-state index is 0.0198. The lowest BCUT2D eigenvalue weighted by Gasteiger charge is -2.57. The summed E-state index contributed by atoms with van der Waals surface area (Å²) in [4.78, 5) is 0. The fourth-order valence-corrected chi connectivity index (χ4v) is 9.06. The molecule has 0 aromatic rings. The average molecular weight is 495 g/mol. The molecule has 0 aromatic carbocycles. The molecule has 0 amide bonds. The minimum atomic E-state index is -5.78. The van der Waals surface area contributed by atoms with Gasteiger partial charge in [0.1, 0.15) is 16.8 Å². The summed E-state index contributed by atoms with van der Waals surface area (Å²) in [5, 5.41) is 11.0. The van der Waals surface area contributed by atoms with Crippen LogP contribution in [0.3, 0.4) is 0 Å². The summed E-state index contributed by atoms with van der Waals surface area (Å²) in [6.45, 7) is 6.92. The molecule has 0 aromatic heterocycles. The van der Waals surface area contributed by atoms with E-state index < -0.39 is 35.3 Å². The number of hydrogen-bond donors (Lipinski definition) is 1. The molecular weight excluding hydrogens is 459 g/mol. The van der Waals surface area contributed by atoms with Crippen LogP contribution in [-0.2, 0) is 14.2 Å². The average Bonchev–Trinajstić information content (AvgIpc) is 3.35. The molecule has 6 aliphatic rings. The van der Waals surface area contributed by atoms with E-state index in [1.807, 2.05) is 0 Å². The van der Waals surface area contributed by atoms with E-state index in [0.717, 1.165) is 12.8 Å². The molecule has 2 heterocycles. The summed E-state index contributed by atoms with van der Waals surface area (Å²) in [7, 11) is 0. The zero-order chi connectivity index (χ0) is 24.6. The molecule has 4 nitrogen and oxygen atoms in total. The molecule has 1 N–H and O–H groups in total. The third-order valence-electron chi connectivity index (χ3n) is 10.9. The van der Waals surface area contributed by atoms with Gasteiger partial charge in [-0.3, -0.25) is 0 Å². The van der Waals surface area contributed by atoms with Crippen molar-refractivity contribution in [3.05, 3.63) is 0 Å². The number of rotatable bonds is 1. The number of hydrogen-bond acceptors (Lipinski definition) is 4. The summed E-state index contributed by atoms with van der Waals surface area (Å²) in [6, 6.07) is 0. The molecule has 9 heteroatoms. The van der Waals surface area contributed by atoms with Crippen molar-refractivity contribution in [2.24, 2.45) is 28.6 Å². The van der Waals surface area contributed by atoms with Crippen LogP contribution in [0.15, 0.2) is 0 Å². The first-order valence-electron chi connectivity index (χ1n) is 12.7. The highest BCUT2D eigenvalue weighted by molar-refractivity contribution is 5.29. The highest BCUT2D eigenvalue weighted by atomic mass is 19.4. The van der Waals surface area contributed by atoms with Gasteiger partial charge in [-0.2, -0.15) is 22.0 Å². The van der Waals surface area contributed by atoms with Crippen molar-refractivity contribution >= 4 is 0 Å². The molecule has 7 atom stereocenters. The van der Waals surface area contributed by atoms with Crippen LogP contribution < -0.4 is 0 Å². The molecule has 4 saturated carbocycles. The van der Waals surface area contributed by atoms with Gasteiger partial charge in [-0.25, -0.2) is 0 Å². The highest BCUT2D eigenvalue weighted by Crippen LogP contribution is 2.76. The van der Waals surface area contributed by atoms with E-state index in [-0.39, 0.29) is 47.2 Å². The fraction of sp³-hybridized carbons (Fsp3) is 1.00. The van der Waals surface area contributed by atoms with Crippen molar-refractivity contribution in [1.29, 1.82) is 0 Å². The van der Waals surface area contributed by atoms with E-state index in [0.29, 0.717) is 38.9 Å². The minimum Gasteiger partial charge on any atom is -0.383 e. The van der Waals surface area contributed by atoms with Crippen LogP contribution in [0.5, 0.6) is 0 Å². The Morgan fingerprint density at radius 3 is 2.09 bits per heavy atom. The Kier molecular flexibility index (Phi) is 4.55. The van der Waals surface area contributed by atoms with E-state index in [4.69, 9.17) is 14.2 Å². The molecule has 2 aliphatic heterocycles. The lowest BCUT2D eigenvalue weighted by Crippen LogP contribution is -2.66. The number of fused-ring (bicyclic) bond motifs is 3. The summed E-state index contributed by atoms with van der Waals surface area (Å²) < 4.78 is 88.4. The first kappa shape index (κ1) is 23.9. The van der Waals surface area contributed by atoms with E-state index in [1.54, 1.807) is 0 Å². The number of aliphatic hydroxyl groups is 1. The molecule has 34 heavy (non-hydrogen) atoms. The Labute approximate surface area is 196 Å². The number of epoxide rings is 1. The molecule has 0 radical (unpaired) electrons. The van der Waals surface area contributed by atoms with Crippen molar-refractivity contribution in [3.63, 3.8) is 0 Å². The van der Waals surface area contributed by atoms with Gasteiger partial charge in [0.2, 0.25) is 0 Å². The quantitative estimate of drug-likeness (QED) is 0.380. The molecule has 6 fully saturated rings. The molecule has 4 unspecified atom stereocenters. The van der Waals surface area contributed by atoms with E-state index in [9.17, 15) is 27.1 Å². The maximum absolute atomic E-state index is 14.6. The maximum atomic E-state index is 14.6. The Bertz CT molecular complexity index is 881. The summed E-state index contributed by atoms with van der Waals surface area (Å²) in [5.41, 5.74) is -5.31. The van der Waals surface area contributed by atoms with E-state index in [1.165, 1.54) is 6.92 Å². The van der Waals surface area contributed by atoms with Crippen LogP contribution in [0.4, 0.5) is 22.0 Å². The molecule has 1 spiro atoms. The van der Waals surface area contributed by atoms with Crippen molar-refractivity contribution in [2.75, 3.05) is 13.2 Å². The third-order valence-corrected chi connectivity index (χ3v) is 10.9. The largest absolute Gasteiger partial charge is 0.456 e. The predicted octanol–water partition coefficient (Wildman–Crippen LogP) is 5.61. The topological polar surface area (TPSA) is 51.2 Å². The summed E-state index contributed by atoms with van der Waals surface area (Å²) in [5.74, 6) is -6.07. The van der Waals surface area contributed by atoms with Crippen molar-refractivity contribution < 1.29 is 41.3 Å². The highest BCUT2D eigenvalue weighted by Gasteiger charge is 2.84. The molecule has 6 rings (SSSR count). The Hall–Kier alpha value is -0.510. The Morgan fingerprint density at radius 1 is 0.794 bits per heavy atom. The van der Waals surface area contributed by atoms with Gasteiger partial charge in [-0.05, 0) is 62.7 Å². The van der Waals surface area contributed by atoms with Gasteiger partial charge in [0.25, 0.3) is 0 Å². The number of alkyl halides is 5. The zero-order valence-corrected chi connectivity index (χ0v) is 20.1. The van der Waals surface area contributed by atoms with Gasteiger partial charge < -0.3 is 19.3 Å². The van der Waals surface area contributed by atoms with Gasteiger partial charge >= 0.3 is 12.1 Å². The zero-order valence-electron chi connectivity index (χ0n) is 20.1. The number of halogens is 5. The lowest BCUT2D eigenvalue weighted by atomic mass is 9.48. The van der Waals surface area contributed by atoms with E-state index >= 15 is 0 Å². The van der Waals surface area contributed by atoms with Gasteiger partial charge in [-0.15, -0.1) is 0 Å². The van der Waals surface area contributed by atoms with Gasteiger partial charge in [0.15, 0.2) is 5.79 Å². The van der Waals surface area contributed by atoms with Crippen LogP contribution in [0.1, 0.15) is 78.6 Å². The second kappa shape index (κ2) is 6.48. The molecular formula is C25H35F5O4. The Balaban J connectivity index is 1.25. The molecule has 194 valence electrons. The van der Waals surface area contributed by atoms with Crippen LogP contribution in [0, 0.1) is 28.6 Å². The second-order valence-electron chi connectivity index (χ2n) is 13.2. The van der Waals surface area contributed by atoms with Gasteiger partial charge in [-0.1, -0.05) is 20.8 Å². The standard InChI is InChI=1S/C25H35F5O4/c1-18(2)13-32-21(33-14-18)10-11-22-17-5-7-19(3)16(15(17)4-8-20(22,12-21)34-22)6-9-23(19,31)24(26,27)25(28,29)30/h15-17,31H,4-14H2,1-3H3/t15?,16?,17?,19-,20?,22+,23-/m0/s1. The summed E-state index contributed by atoms with van der Waals surface area (Å²) in [6.07, 6.45) is -1.93. The molecule has 0 bridgehead atoms. The van der Waals surface area contributed by atoms with Crippen LogP contribution in [0.25, 0.3) is 0 Å². The first-order chi connectivity index (χ1) is 15.6. The van der Waals surface area contributed by atoms with Crippen molar-refractivity contribution in [1.82, 2.24) is 0 Å². The van der Waals surface area contributed by atoms with Crippen LogP contribution in [0.2, 0.25) is 0 Å². The van der Waals surface area contributed by atoms with Crippen LogP contribution >= 0.6 is 0 Å². The predicted molar refractivity (Wildman–Crippen MR) is 111 cm³/mol. The van der Waals surface area contributed by atoms with Gasteiger partial charge in [0.05, 0.1) is 13.2 Å². The van der Waals surface area contributed by atoms with Gasteiger partial charge in [0, 0.05) is 23.7 Å². The molecule has 2 saturated heterocycles. The monoisotopic (exact) mass is 494 g/mol. The van der Waals surface area contributed by atoms with Crippen molar-refractivity contribution in [3.8, 4) is 0 Å². The first-order valence-corrected chi connectivity index (χ1v) is 12.7. The normalized spacial score (nSPS) is 51.3. The van der Waals surface area contributed by atoms with Crippen LogP contribution in [-0.4, -0.2) is 53.0 Å². The maximum Gasteiger partial charge on any atom is 0.456 e. The smallest absolute Gasteiger partial charge is 0.383 e. The molecule has 4 aliphatic carbocycles. The van der Waals surface area contributed by atoms with Crippen molar-refractivity contribution in [2.45, 2.75) is 113 Å². The summed E-state index contributed by atoms with van der Waals surface area (Å²) >= 11 is 0. The third kappa shape index (κ3) is 2.68. The fourth-order valence-electron chi connectivity index (χ4n) is 9.06. The van der Waals surface area contributed by atoms with E-state index in [2.05, 4.69) is 13.8 Å². The Morgan fingerprint density at radius 2 is 1.44 bits per heavy atom. The lowest BCUT2D eigenvalue weighted by molar-refractivity contribution is -0.363. The second-order valence-corrected chi connectivity index (χ2v) is 13.2. The SMILES string of the molecule is CC1(C)COC2(CC[C@]34OC3(CCC3C5CC[C@@](O)(C(F)(F)C(F)(F)F)[C@@]5(C)CCC34)C2)OC1.